The summed E-state index contributed by atoms with van der Waals surface area (Å²) in [6.45, 7) is 3.28. The summed E-state index contributed by atoms with van der Waals surface area (Å²) < 4.78 is 5.83. The van der Waals surface area contributed by atoms with Gasteiger partial charge in [0.15, 0.2) is 0 Å². The van der Waals surface area contributed by atoms with E-state index in [-0.39, 0.29) is 0 Å². The predicted molar refractivity (Wildman–Crippen MR) is 88.3 cm³/mol. The molecule has 1 heterocycles. The van der Waals surface area contributed by atoms with Gasteiger partial charge < -0.3 is 10.1 Å². The Kier molecular flexibility index (Phi) is 11.4. The highest BCUT2D eigenvalue weighted by Crippen LogP contribution is 2.19. The van der Waals surface area contributed by atoms with E-state index in [9.17, 15) is 0 Å². The Morgan fingerprint density at radius 1 is 1.00 bits per heavy atom. The van der Waals surface area contributed by atoms with E-state index in [0.717, 1.165) is 6.61 Å². The average molecular weight is 283 g/mol. The van der Waals surface area contributed by atoms with E-state index in [4.69, 9.17) is 4.74 Å². The zero-order chi connectivity index (χ0) is 14.5. The van der Waals surface area contributed by atoms with Crippen molar-refractivity contribution in [2.45, 2.75) is 103 Å². The molecule has 20 heavy (non-hydrogen) atoms. The lowest BCUT2D eigenvalue weighted by molar-refractivity contribution is 0.00853. The number of unbranched alkanes of at least 4 members (excludes halogenated alkanes) is 6. The Hall–Kier alpha value is -0.0800. The summed E-state index contributed by atoms with van der Waals surface area (Å²) in [5, 5.41) is 3.50. The molecule has 0 radical (unpaired) electrons. The first-order valence-corrected chi connectivity index (χ1v) is 9.15. The van der Waals surface area contributed by atoms with Gasteiger partial charge in [0.2, 0.25) is 0 Å². The summed E-state index contributed by atoms with van der Waals surface area (Å²) in [5.41, 5.74) is 0. The van der Waals surface area contributed by atoms with E-state index in [2.05, 4.69) is 19.3 Å². The van der Waals surface area contributed by atoms with Gasteiger partial charge in [-0.2, -0.15) is 0 Å². The lowest BCUT2D eigenvalue weighted by Crippen LogP contribution is -2.28. The van der Waals surface area contributed by atoms with Crippen molar-refractivity contribution in [1.82, 2.24) is 5.32 Å². The minimum absolute atomic E-state index is 0.550. The number of hydrogen-bond acceptors (Lipinski definition) is 2. The molecule has 1 aliphatic rings. The third-order valence-corrected chi connectivity index (χ3v) is 4.68. The molecule has 2 atom stereocenters. The van der Waals surface area contributed by atoms with E-state index >= 15 is 0 Å². The van der Waals surface area contributed by atoms with Crippen molar-refractivity contribution < 1.29 is 4.74 Å². The molecule has 0 aromatic heterocycles. The third-order valence-electron chi connectivity index (χ3n) is 4.68. The fraction of sp³-hybridized carbons (Fsp3) is 1.00. The molecule has 1 fully saturated rings. The van der Waals surface area contributed by atoms with Crippen LogP contribution in [0.5, 0.6) is 0 Å². The second-order valence-electron chi connectivity index (χ2n) is 6.46. The number of hydrogen-bond donors (Lipinski definition) is 1. The molecule has 1 saturated heterocycles. The topological polar surface area (TPSA) is 21.3 Å². The van der Waals surface area contributed by atoms with Crippen molar-refractivity contribution in [3.05, 3.63) is 0 Å². The van der Waals surface area contributed by atoms with Crippen LogP contribution in [0.25, 0.3) is 0 Å². The number of nitrogens with one attached hydrogen (secondary N) is 1. The molecule has 2 heteroatoms. The maximum absolute atomic E-state index is 5.83. The molecule has 0 aromatic carbocycles. The molecule has 0 aliphatic carbocycles. The summed E-state index contributed by atoms with van der Waals surface area (Å²) >= 11 is 0. The van der Waals surface area contributed by atoms with Crippen LogP contribution < -0.4 is 5.32 Å². The first kappa shape index (κ1) is 18.0. The van der Waals surface area contributed by atoms with Gasteiger partial charge in [0, 0.05) is 12.6 Å². The van der Waals surface area contributed by atoms with Crippen molar-refractivity contribution in [2.24, 2.45) is 0 Å². The molecule has 1 N–H and O–H groups in total. The smallest absolute Gasteiger partial charge is 0.0575 e. The normalized spacial score (nSPS) is 21.0. The van der Waals surface area contributed by atoms with Crippen LogP contribution in [0.2, 0.25) is 0 Å². The standard InChI is InChI=1S/C18H37NO/c1-3-4-5-6-7-8-9-12-17(19-2)14-15-18-13-10-11-16-20-18/h17-19H,3-16H2,1-2H3. The quantitative estimate of drug-likeness (QED) is 0.505. The average Bonchev–Trinajstić information content (AvgIpc) is 2.50. The summed E-state index contributed by atoms with van der Waals surface area (Å²) in [5.74, 6) is 0. The lowest BCUT2D eigenvalue weighted by atomic mass is 9.98. The Labute approximate surface area is 127 Å². The van der Waals surface area contributed by atoms with Crippen molar-refractivity contribution in [1.29, 1.82) is 0 Å². The van der Waals surface area contributed by atoms with Gasteiger partial charge in [-0.15, -0.1) is 0 Å². The van der Waals surface area contributed by atoms with E-state index < -0.39 is 0 Å². The van der Waals surface area contributed by atoms with Crippen LogP contribution in [-0.4, -0.2) is 25.8 Å². The van der Waals surface area contributed by atoms with Crippen LogP contribution >= 0.6 is 0 Å². The van der Waals surface area contributed by atoms with Gasteiger partial charge in [0.1, 0.15) is 0 Å². The fourth-order valence-corrected chi connectivity index (χ4v) is 3.20. The molecule has 0 aromatic rings. The maximum atomic E-state index is 5.83. The van der Waals surface area contributed by atoms with Crippen molar-refractivity contribution >= 4 is 0 Å². The lowest BCUT2D eigenvalue weighted by Gasteiger charge is -2.24. The Morgan fingerprint density at radius 2 is 1.75 bits per heavy atom. The van der Waals surface area contributed by atoms with E-state index in [1.807, 2.05) is 0 Å². The SMILES string of the molecule is CCCCCCCCCC(CCC1CCCCO1)NC. The molecular formula is C18H37NO. The minimum Gasteiger partial charge on any atom is -0.378 e. The summed E-state index contributed by atoms with van der Waals surface area (Å²) in [6, 6.07) is 0.705. The Morgan fingerprint density at radius 3 is 2.40 bits per heavy atom. The van der Waals surface area contributed by atoms with Gasteiger partial charge in [0.25, 0.3) is 0 Å². The zero-order valence-corrected chi connectivity index (χ0v) is 14.0. The maximum Gasteiger partial charge on any atom is 0.0575 e. The second-order valence-corrected chi connectivity index (χ2v) is 6.46. The van der Waals surface area contributed by atoms with Crippen LogP contribution in [0.4, 0.5) is 0 Å². The van der Waals surface area contributed by atoms with Gasteiger partial charge in [-0.25, -0.2) is 0 Å². The first-order chi connectivity index (χ1) is 9.86. The minimum atomic E-state index is 0.550. The third kappa shape index (κ3) is 8.97. The van der Waals surface area contributed by atoms with Crippen molar-refractivity contribution in [3.8, 4) is 0 Å². The van der Waals surface area contributed by atoms with Crippen molar-refractivity contribution in [3.63, 3.8) is 0 Å². The summed E-state index contributed by atoms with van der Waals surface area (Å²) in [7, 11) is 2.12. The number of rotatable bonds is 12. The molecule has 2 nitrogen and oxygen atoms in total. The predicted octanol–water partition coefficient (Wildman–Crippen LogP) is 5.06. The largest absolute Gasteiger partial charge is 0.378 e. The van der Waals surface area contributed by atoms with Crippen LogP contribution in [0, 0.1) is 0 Å². The Bertz CT molecular complexity index is 202. The second kappa shape index (κ2) is 12.6. The highest BCUT2D eigenvalue weighted by atomic mass is 16.5. The molecule has 120 valence electrons. The highest BCUT2D eigenvalue weighted by Gasteiger charge is 2.15. The van der Waals surface area contributed by atoms with E-state index in [1.54, 1.807) is 0 Å². The fourth-order valence-electron chi connectivity index (χ4n) is 3.20. The van der Waals surface area contributed by atoms with Crippen LogP contribution in [-0.2, 0) is 4.74 Å². The van der Waals surface area contributed by atoms with Crippen LogP contribution in [0.1, 0.15) is 90.4 Å². The van der Waals surface area contributed by atoms with E-state index in [1.165, 1.54) is 83.5 Å². The molecular weight excluding hydrogens is 246 g/mol. The molecule has 2 unspecified atom stereocenters. The zero-order valence-electron chi connectivity index (χ0n) is 14.0. The molecule has 1 rings (SSSR count). The highest BCUT2D eigenvalue weighted by molar-refractivity contribution is 4.70. The monoisotopic (exact) mass is 283 g/mol. The van der Waals surface area contributed by atoms with E-state index in [0.29, 0.717) is 12.1 Å². The van der Waals surface area contributed by atoms with Gasteiger partial charge in [-0.1, -0.05) is 51.9 Å². The van der Waals surface area contributed by atoms with Gasteiger partial charge >= 0.3 is 0 Å². The van der Waals surface area contributed by atoms with Gasteiger partial charge in [-0.05, 0) is 45.6 Å². The molecule has 0 saturated carbocycles. The van der Waals surface area contributed by atoms with Gasteiger partial charge in [0.05, 0.1) is 6.10 Å². The molecule has 1 aliphatic heterocycles. The van der Waals surface area contributed by atoms with Crippen LogP contribution in [0.3, 0.4) is 0 Å². The molecule has 0 amide bonds. The van der Waals surface area contributed by atoms with Crippen molar-refractivity contribution in [2.75, 3.05) is 13.7 Å². The molecule has 0 bridgehead atoms. The summed E-state index contributed by atoms with van der Waals surface area (Å²) in [6.07, 6.45) is 18.2. The molecule has 0 spiro atoms. The van der Waals surface area contributed by atoms with Gasteiger partial charge in [-0.3, -0.25) is 0 Å². The number of ether oxygens (including phenoxy) is 1. The Balaban J connectivity index is 1.95. The summed E-state index contributed by atoms with van der Waals surface area (Å²) in [4.78, 5) is 0. The van der Waals surface area contributed by atoms with Crippen LogP contribution in [0.15, 0.2) is 0 Å². The first-order valence-electron chi connectivity index (χ1n) is 9.15.